The first kappa shape index (κ1) is 17.1. The van der Waals surface area contributed by atoms with Gasteiger partial charge in [0.25, 0.3) is 10.0 Å². The van der Waals surface area contributed by atoms with Gasteiger partial charge in [0.1, 0.15) is 9.09 Å². The third kappa shape index (κ3) is 3.57. The van der Waals surface area contributed by atoms with Crippen LogP contribution in [0.4, 0.5) is 0 Å². The van der Waals surface area contributed by atoms with Gasteiger partial charge in [-0.15, -0.1) is 11.3 Å². The van der Waals surface area contributed by atoms with Crippen molar-refractivity contribution in [3.05, 3.63) is 16.5 Å². The van der Waals surface area contributed by atoms with Crippen molar-refractivity contribution >= 4 is 27.3 Å². The van der Waals surface area contributed by atoms with E-state index in [1.54, 1.807) is 20.8 Å². The van der Waals surface area contributed by atoms with Crippen LogP contribution in [0.2, 0.25) is 0 Å². The Labute approximate surface area is 123 Å². The second-order valence-corrected chi connectivity index (χ2v) is 7.75. The first-order valence-corrected chi connectivity index (χ1v) is 8.32. The Hall–Kier alpha value is -0.960. The summed E-state index contributed by atoms with van der Waals surface area (Å²) in [5.74, 6) is -1.11. The van der Waals surface area contributed by atoms with Gasteiger partial charge in [0, 0.05) is 19.7 Å². The van der Waals surface area contributed by atoms with Gasteiger partial charge >= 0.3 is 5.97 Å². The van der Waals surface area contributed by atoms with Crippen molar-refractivity contribution in [1.82, 2.24) is 4.31 Å². The molecule has 1 aromatic heterocycles. The highest BCUT2D eigenvalue weighted by molar-refractivity contribution is 7.91. The van der Waals surface area contributed by atoms with Crippen molar-refractivity contribution in [2.75, 3.05) is 20.3 Å². The number of ether oxygens (including phenoxy) is 1. The highest BCUT2D eigenvalue weighted by Crippen LogP contribution is 2.29. The number of thiophene rings is 1. The Morgan fingerprint density at radius 2 is 2.10 bits per heavy atom. The van der Waals surface area contributed by atoms with E-state index in [2.05, 4.69) is 0 Å². The van der Waals surface area contributed by atoms with E-state index in [-0.39, 0.29) is 28.3 Å². The maximum atomic E-state index is 12.6. The van der Waals surface area contributed by atoms with Crippen LogP contribution >= 0.6 is 11.3 Å². The van der Waals surface area contributed by atoms with E-state index in [0.29, 0.717) is 5.56 Å². The van der Waals surface area contributed by atoms with Gasteiger partial charge in [-0.3, -0.25) is 0 Å². The summed E-state index contributed by atoms with van der Waals surface area (Å²) in [6.07, 6.45) is 0. The zero-order chi connectivity index (χ0) is 15.5. The minimum Gasteiger partial charge on any atom is -0.477 e. The number of hydrogen-bond donors (Lipinski definition) is 1. The van der Waals surface area contributed by atoms with Crippen molar-refractivity contribution in [1.29, 1.82) is 0 Å². The molecule has 0 unspecified atom stereocenters. The Morgan fingerprint density at radius 1 is 1.50 bits per heavy atom. The van der Waals surface area contributed by atoms with Crippen LogP contribution in [0.5, 0.6) is 0 Å². The number of rotatable bonds is 7. The maximum absolute atomic E-state index is 12.6. The second-order valence-electron chi connectivity index (χ2n) is 4.59. The molecule has 0 aromatic carbocycles. The lowest BCUT2D eigenvalue weighted by Crippen LogP contribution is -2.38. The third-order valence-corrected chi connectivity index (χ3v) is 6.49. The van der Waals surface area contributed by atoms with Crippen molar-refractivity contribution in [2.24, 2.45) is 0 Å². The van der Waals surface area contributed by atoms with E-state index >= 15 is 0 Å². The SMILES string of the molecule is COCCN(C(C)C)S(=O)(=O)c1cc(C)c(C(=O)O)s1. The summed E-state index contributed by atoms with van der Waals surface area (Å²) >= 11 is 0.784. The van der Waals surface area contributed by atoms with Crippen molar-refractivity contribution in [2.45, 2.75) is 31.0 Å². The average molecular weight is 321 g/mol. The molecule has 0 bridgehead atoms. The van der Waals surface area contributed by atoms with E-state index < -0.39 is 16.0 Å². The molecule has 0 aliphatic heterocycles. The first-order chi connectivity index (χ1) is 9.21. The van der Waals surface area contributed by atoms with Gasteiger partial charge in [-0.2, -0.15) is 4.31 Å². The zero-order valence-electron chi connectivity index (χ0n) is 11.9. The van der Waals surface area contributed by atoms with E-state index in [0.717, 1.165) is 11.3 Å². The van der Waals surface area contributed by atoms with Crippen LogP contribution in [-0.2, 0) is 14.8 Å². The van der Waals surface area contributed by atoms with Crippen LogP contribution in [0, 0.1) is 6.92 Å². The topological polar surface area (TPSA) is 83.9 Å². The predicted molar refractivity (Wildman–Crippen MR) is 76.9 cm³/mol. The largest absolute Gasteiger partial charge is 0.477 e. The number of sulfonamides is 1. The van der Waals surface area contributed by atoms with Gasteiger partial charge in [0.2, 0.25) is 0 Å². The predicted octanol–water partition coefficient (Wildman–Crippen LogP) is 1.80. The molecule has 0 aliphatic carbocycles. The number of aryl methyl sites for hydroxylation is 1. The molecule has 114 valence electrons. The molecule has 0 amide bonds. The molecule has 1 rings (SSSR count). The summed E-state index contributed by atoms with van der Waals surface area (Å²) in [7, 11) is -2.20. The van der Waals surface area contributed by atoms with Gasteiger partial charge in [-0.25, -0.2) is 13.2 Å². The lowest BCUT2D eigenvalue weighted by molar-refractivity contribution is 0.0701. The molecule has 0 aliphatic rings. The van der Waals surface area contributed by atoms with Gasteiger partial charge < -0.3 is 9.84 Å². The maximum Gasteiger partial charge on any atom is 0.346 e. The number of carboxylic acids is 1. The average Bonchev–Trinajstić information content (AvgIpc) is 2.72. The normalized spacial score (nSPS) is 12.3. The standard InChI is InChI=1S/C12H19NO5S2/c1-8(2)13(5-6-18-4)20(16,17)10-7-9(3)11(19-10)12(14)15/h7-8H,5-6H2,1-4H3,(H,14,15). The third-order valence-electron chi connectivity index (χ3n) is 2.74. The summed E-state index contributed by atoms with van der Waals surface area (Å²) in [6, 6.07) is 1.18. The fraction of sp³-hybridized carbons (Fsp3) is 0.583. The Bertz CT molecular complexity index is 577. The summed E-state index contributed by atoms with van der Waals surface area (Å²) in [6.45, 7) is 5.65. The number of carbonyl (C=O) groups is 1. The molecule has 1 heterocycles. The fourth-order valence-corrected chi connectivity index (χ4v) is 4.87. The van der Waals surface area contributed by atoms with Crippen LogP contribution in [0.1, 0.15) is 29.1 Å². The Morgan fingerprint density at radius 3 is 2.50 bits per heavy atom. The number of carboxylic acid groups (broad SMARTS) is 1. The summed E-state index contributed by atoms with van der Waals surface area (Å²) < 4.78 is 31.4. The van der Waals surface area contributed by atoms with Crippen molar-refractivity contribution in [3.8, 4) is 0 Å². The number of methoxy groups -OCH3 is 1. The van der Waals surface area contributed by atoms with Gasteiger partial charge in [0.15, 0.2) is 0 Å². The molecule has 6 nitrogen and oxygen atoms in total. The number of hydrogen-bond acceptors (Lipinski definition) is 5. The molecule has 8 heteroatoms. The summed E-state index contributed by atoms with van der Waals surface area (Å²) in [4.78, 5) is 11.1. The van der Waals surface area contributed by atoms with E-state index in [1.807, 2.05) is 0 Å². The summed E-state index contributed by atoms with van der Waals surface area (Å²) in [5, 5.41) is 9.02. The van der Waals surface area contributed by atoms with Crippen LogP contribution in [0.25, 0.3) is 0 Å². The minimum atomic E-state index is -3.70. The molecule has 20 heavy (non-hydrogen) atoms. The smallest absolute Gasteiger partial charge is 0.346 e. The van der Waals surface area contributed by atoms with Gasteiger partial charge in [-0.1, -0.05) is 0 Å². The molecule has 1 N–H and O–H groups in total. The summed E-state index contributed by atoms with van der Waals surface area (Å²) in [5.41, 5.74) is 0.455. The first-order valence-electron chi connectivity index (χ1n) is 6.06. The lowest BCUT2D eigenvalue weighted by Gasteiger charge is -2.24. The minimum absolute atomic E-state index is 0.0530. The van der Waals surface area contributed by atoms with Crippen molar-refractivity contribution in [3.63, 3.8) is 0 Å². The molecule has 0 saturated heterocycles. The Balaban J connectivity index is 3.19. The molecule has 0 spiro atoms. The van der Waals surface area contributed by atoms with Crippen LogP contribution in [0.15, 0.2) is 10.3 Å². The van der Waals surface area contributed by atoms with E-state index in [4.69, 9.17) is 9.84 Å². The van der Waals surface area contributed by atoms with Gasteiger partial charge in [0.05, 0.1) is 6.61 Å². The molecule has 0 atom stereocenters. The fourth-order valence-electron chi connectivity index (χ4n) is 1.75. The highest BCUT2D eigenvalue weighted by Gasteiger charge is 2.29. The zero-order valence-corrected chi connectivity index (χ0v) is 13.5. The molecule has 0 saturated carbocycles. The quantitative estimate of drug-likeness (QED) is 0.828. The highest BCUT2D eigenvalue weighted by atomic mass is 32.2. The lowest BCUT2D eigenvalue weighted by atomic mass is 10.3. The van der Waals surface area contributed by atoms with E-state index in [9.17, 15) is 13.2 Å². The molecular formula is C12H19NO5S2. The molecule has 0 radical (unpaired) electrons. The molecule has 0 fully saturated rings. The van der Waals surface area contributed by atoms with Crippen LogP contribution < -0.4 is 0 Å². The molecule has 1 aromatic rings. The second kappa shape index (κ2) is 6.66. The number of aromatic carboxylic acids is 1. The van der Waals surface area contributed by atoms with E-state index in [1.165, 1.54) is 17.5 Å². The number of nitrogens with zero attached hydrogens (tertiary/aromatic N) is 1. The van der Waals surface area contributed by atoms with Crippen LogP contribution in [0.3, 0.4) is 0 Å². The monoisotopic (exact) mass is 321 g/mol. The van der Waals surface area contributed by atoms with Crippen molar-refractivity contribution < 1.29 is 23.1 Å². The van der Waals surface area contributed by atoms with Gasteiger partial charge in [-0.05, 0) is 32.4 Å². The Kier molecular flexibility index (Phi) is 5.69. The molecular weight excluding hydrogens is 302 g/mol. The van der Waals surface area contributed by atoms with Crippen LogP contribution in [-0.4, -0.2) is 50.1 Å².